The van der Waals surface area contributed by atoms with Gasteiger partial charge in [-0.05, 0) is 80.7 Å². The van der Waals surface area contributed by atoms with Crippen LogP contribution in [0.4, 0.5) is 11.4 Å². The van der Waals surface area contributed by atoms with E-state index >= 15 is 0 Å². The number of rotatable bonds is 4. The molecule has 0 bridgehead atoms. The number of halogens is 1. The van der Waals surface area contributed by atoms with Crippen LogP contribution in [0.1, 0.15) is 31.8 Å². The summed E-state index contributed by atoms with van der Waals surface area (Å²) in [6.07, 6.45) is 0. The molecule has 7 heteroatoms. The van der Waals surface area contributed by atoms with Gasteiger partial charge in [0.05, 0.1) is 0 Å². The van der Waals surface area contributed by atoms with E-state index in [1.165, 1.54) is 0 Å². The van der Waals surface area contributed by atoms with E-state index < -0.39 is 0 Å². The molecular weight excluding hydrogens is 418 g/mol. The lowest BCUT2D eigenvalue weighted by atomic mass is 10.1. The van der Waals surface area contributed by atoms with Crippen LogP contribution in [0.25, 0.3) is 0 Å². The third kappa shape index (κ3) is 5.89. The molecule has 30 heavy (non-hydrogen) atoms. The molecule has 0 aliphatic carbocycles. The molecule has 0 aliphatic rings. The van der Waals surface area contributed by atoms with Crippen molar-refractivity contribution in [2.45, 2.75) is 13.8 Å². The molecule has 3 aromatic carbocycles. The van der Waals surface area contributed by atoms with Crippen molar-refractivity contribution in [2.24, 2.45) is 0 Å². The van der Waals surface area contributed by atoms with E-state index in [1.807, 2.05) is 32.0 Å². The van der Waals surface area contributed by atoms with Crippen molar-refractivity contribution >= 4 is 52.1 Å². The molecule has 0 heterocycles. The molecule has 0 atom stereocenters. The zero-order chi connectivity index (χ0) is 21.7. The Kier molecular flexibility index (Phi) is 6.82. The van der Waals surface area contributed by atoms with Crippen LogP contribution < -0.4 is 16.0 Å². The molecule has 3 rings (SSSR count). The van der Waals surface area contributed by atoms with Crippen LogP contribution in [0.5, 0.6) is 0 Å². The molecular formula is C23H20ClN3O2S. The van der Waals surface area contributed by atoms with Gasteiger partial charge in [-0.1, -0.05) is 34.9 Å². The molecule has 0 fully saturated rings. The SMILES string of the molecule is Cc1cc(C)cc(C(=O)NC(=S)Nc2ccc(NC(=O)c3cccc(Cl)c3)cc2)c1. The predicted molar refractivity (Wildman–Crippen MR) is 125 cm³/mol. The number of benzene rings is 3. The highest BCUT2D eigenvalue weighted by Crippen LogP contribution is 2.16. The molecule has 0 radical (unpaired) electrons. The first-order valence-corrected chi connectivity index (χ1v) is 9.96. The first kappa shape index (κ1) is 21.5. The minimum absolute atomic E-state index is 0.190. The van der Waals surface area contributed by atoms with E-state index in [2.05, 4.69) is 16.0 Å². The van der Waals surface area contributed by atoms with Crippen LogP contribution in [0, 0.1) is 13.8 Å². The molecule has 5 nitrogen and oxygen atoms in total. The third-order valence-corrected chi connectivity index (χ3v) is 4.64. The number of nitrogens with one attached hydrogen (secondary N) is 3. The number of aryl methyl sites for hydroxylation is 2. The quantitative estimate of drug-likeness (QED) is 0.482. The van der Waals surface area contributed by atoms with Crippen molar-refractivity contribution in [1.82, 2.24) is 5.32 Å². The van der Waals surface area contributed by atoms with E-state index in [0.29, 0.717) is 27.5 Å². The molecule has 3 aromatic rings. The predicted octanol–water partition coefficient (Wildman–Crippen LogP) is 5.34. The summed E-state index contributed by atoms with van der Waals surface area (Å²) in [5, 5.41) is 9.12. The van der Waals surface area contributed by atoms with Gasteiger partial charge < -0.3 is 10.6 Å². The van der Waals surface area contributed by atoms with Crippen LogP contribution in [0.15, 0.2) is 66.7 Å². The van der Waals surface area contributed by atoms with Gasteiger partial charge in [0.15, 0.2) is 5.11 Å². The van der Waals surface area contributed by atoms with Crippen molar-refractivity contribution in [3.63, 3.8) is 0 Å². The Bertz CT molecular complexity index is 1090. The maximum atomic E-state index is 12.4. The number of hydrogen-bond acceptors (Lipinski definition) is 3. The van der Waals surface area contributed by atoms with E-state index in [9.17, 15) is 9.59 Å². The van der Waals surface area contributed by atoms with E-state index in [4.69, 9.17) is 23.8 Å². The van der Waals surface area contributed by atoms with Gasteiger partial charge in [0.2, 0.25) is 0 Å². The molecule has 0 aromatic heterocycles. The summed E-state index contributed by atoms with van der Waals surface area (Å²) in [6.45, 7) is 3.88. The molecule has 0 saturated heterocycles. The van der Waals surface area contributed by atoms with Gasteiger partial charge in [0, 0.05) is 27.5 Å². The van der Waals surface area contributed by atoms with Crippen LogP contribution in [0.2, 0.25) is 5.02 Å². The van der Waals surface area contributed by atoms with Gasteiger partial charge in [-0.3, -0.25) is 14.9 Å². The fourth-order valence-electron chi connectivity index (χ4n) is 2.91. The lowest BCUT2D eigenvalue weighted by Crippen LogP contribution is -2.34. The second kappa shape index (κ2) is 9.52. The van der Waals surface area contributed by atoms with Crippen LogP contribution >= 0.6 is 23.8 Å². The normalized spacial score (nSPS) is 10.2. The highest BCUT2D eigenvalue weighted by Gasteiger charge is 2.10. The Balaban J connectivity index is 1.57. The monoisotopic (exact) mass is 437 g/mol. The molecule has 0 saturated carbocycles. The topological polar surface area (TPSA) is 70.2 Å². The molecule has 0 unspecified atom stereocenters. The van der Waals surface area contributed by atoms with Crippen molar-refractivity contribution in [3.8, 4) is 0 Å². The van der Waals surface area contributed by atoms with Gasteiger partial charge in [-0.25, -0.2) is 0 Å². The zero-order valence-corrected chi connectivity index (χ0v) is 18.0. The maximum absolute atomic E-state index is 12.4. The van der Waals surface area contributed by atoms with Crippen molar-refractivity contribution < 1.29 is 9.59 Å². The fraction of sp³-hybridized carbons (Fsp3) is 0.0870. The molecule has 0 aliphatic heterocycles. The van der Waals surface area contributed by atoms with Gasteiger partial charge >= 0.3 is 0 Å². The van der Waals surface area contributed by atoms with Crippen molar-refractivity contribution in [1.29, 1.82) is 0 Å². The first-order valence-electron chi connectivity index (χ1n) is 9.18. The van der Waals surface area contributed by atoms with Gasteiger partial charge in [-0.2, -0.15) is 0 Å². The van der Waals surface area contributed by atoms with E-state index in [1.54, 1.807) is 48.5 Å². The third-order valence-electron chi connectivity index (χ3n) is 4.20. The zero-order valence-electron chi connectivity index (χ0n) is 16.5. The molecule has 3 N–H and O–H groups in total. The summed E-state index contributed by atoms with van der Waals surface area (Å²) in [7, 11) is 0. The lowest BCUT2D eigenvalue weighted by molar-refractivity contribution is 0.0976. The second-order valence-electron chi connectivity index (χ2n) is 6.83. The minimum atomic E-state index is -0.273. The van der Waals surface area contributed by atoms with Gasteiger partial charge in [0.1, 0.15) is 0 Å². The number of amides is 2. The fourth-order valence-corrected chi connectivity index (χ4v) is 3.31. The van der Waals surface area contributed by atoms with Crippen LogP contribution in [-0.2, 0) is 0 Å². The largest absolute Gasteiger partial charge is 0.332 e. The van der Waals surface area contributed by atoms with Crippen molar-refractivity contribution in [3.05, 3.63) is 94.0 Å². The second-order valence-corrected chi connectivity index (χ2v) is 7.67. The first-order chi connectivity index (χ1) is 14.3. The summed E-state index contributed by atoms with van der Waals surface area (Å²) in [4.78, 5) is 24.7. The smallest absolute Gasteiger partial charge is 0.257 e. The maximum Gasteiger partial charge on any atom is 0.257 e. The van der Waals surface area contributed by atoms with Crippen LogP contribution in [-0.4, -0.2) is 16.9 Å². The summed E-state index contributed by atoms with van der Waals surface area (Å²) >= 11 is 11.2. The highest BCUT2D eigenvalue weighted by molar-refractivity contribution is 7.80. The summed E-state index contributed by atoms with van der Waals surface area (Å²) in [6, 6.07) is 19.3. The Morgan fingerprint density at radius 1 is 0.767 bits per heavy atom. The summed E-state index contributed by atoms with van der Waals surface area (Å²) < 4.78 is 0. The number of anilines is 2. The Hall–Kier alpha value is -3.22. The number of thiocarbonyl (C=S) groups is 1. The number of carbonyl (C=O) groups excluding carboxylic acids is 2. The minimum Gasteiger partial charge on any atom is -0.332 e. The van der Waals surface area contributed by atoms with E-state index in [-0.39, 0.29) is 16.9 Å². The molecule has 0 spiro atoms. The highest BCUT2D eigenvalue weighted by atomic mass is 35.5. The molecule has 2 amide bonds. The molecule has 152 valence electrons. The Morgan fingerprint density at radius 2 is 1.37 bits per heavy atom. The summed E-state index contributed by atoms with van der Waals surface area (Å²) in [5.41, 5.74) is 4.34. The average molecular weight is 438 g/mol. The summed E-state index contributed by atoms with van der Waals surface area (Å²) in [5.74, 6) is -0.529. The van der Waals surface area contributed by atoms with E-state index in [0.717, 1.165) is 11.1 Å². The number of carbonyl (C=O) groups is 2. The van der Waals surface area contributed by atoms with Crippen molar-refractivity contribution in [2.75, 3.05) is 10.6 Å². The Labute approximate surface area is 185 Å². The van der Waals surface area contributed by atoms with Gasteiger partial charge in [-0.15, -0.1) is 0 Å². The standard InChI is InChI=1S/C23H20ClN3O2S/c1-14-10-15(2)12-17(11-14)22(29)27-23(30)26-20-8-6-19(7-9-20)25-21(28)16-4-3-5-18(24)13-16/h3-13H,1-2H3,(H,25,28)(H2,26,27,29,30). The van der Waals surface area contributed by atoms with Crippen LogP contribution in [0.3, 0.4) is 0 Å². The van der Waals surface area contributed by atoms with Gasteiger partial charge in [0.25, 0.3) is 11.8 Å². The Morgan fingerprint density at radius 3 is 1.97 bits per heavy atom. The average Bonchev–Trinajstić information content (AvgIpc) is 2.68. The number of hydrogen-bond donors (Lipinski definition) is 3. The lowest BCUT2D eigenvalue weighted by Gasteiger charge is -2.11.